The molecule has 122 valence electrons. The number of piperidine rings is 1. The number of ether oxygens (including phenoxy) is 1. The molecule has 0 radical (unpaired) electrons. The minimum atomic E-state index is -3.62. The lowest BCUT2D eigenvalue weighted by Gasteiger charge is -2.31. The first-order valence-electron chi connectivity index (χ1n) is 7.38. The lowest BCUT2D eigenvalue weighted by Crippen LogP contribution is -2.39. The highest BCUT2D eigenvalue weighted by molar-refractivity contribution is 7.89. The van der Waals surface area contributed by atoms with Crippen molar-refractivity contribution in [3.8, 4) is 5.75 Å². The topological polar surface area (TPSA) is 89.7 Å². The van der Waals surface area contributed by atoms with Crippen molar-refractivity contribution in [2.45, 2.75) is 31.1 Å². The molecule has 1 aliphatic rings. The van der Waals surface area contributed by atoms with E-state index in [1.54, 1.807) is 0 Å². The highest BCUT2D eigenvalue weighted by atomic mass is 32.2. The van der Waals surface area contributed by atoms with E-state index in [1.807, 2.05) is 0 Å². The zero-order chi connectivity index (χ0) is 16.3. The van der Waals surface area contributed by atoms with Crippen LogP contribution in [0, 0.1) is 5.92 Å². The summed E-state index contributed by atoms with van der Waals surface area (Å²) in [5, 5.41) is 0. The van der Waals surface area contributed by atoms with E-state index in [1.165, 1.54) is 29.6 Å². The predicted molar refractivity (Wildman–Crippen MR) is 83.3 cm³/mol. The summed E-state index contributed by atoms with van der Waals surface area (Å²) in [6, 6.07) is 4.22. The van der Waals surface area contributed by atoms with Crippen LogP contribution in [0.4, 0.5) is 0 Å². The third kappa shape index (κ3) is 3.25. The fourth-order valence-electron chi connectivity index (χ4n) is 2.77. The molecule has 1 atom stereocenters. The Morgan fingerprint density at radius 1 is 1.45 bits per heavy atom. The van der Waals surface area contributed by atoms with Crippen LogP contribution in [0.15, 0.2) is 23.1 Å². The van der Waals surface area contributed by atoms with E-state index in [0.717, 1.165) is 19.3 Å². The minimum Gasteiger partial charge on any atom is -0.496 e. The normalized spacial score (nSPS) is 19.8. The Bertz CT molecular complexity index is 658. The Labute approximate surface area is 131 Å². The summed E-state index contributed by atoms with van der Waals surface area (Å²) in [5.41, 5.74) is 5.37. The van der Waals surface area contributed by atoms with E-state index in [-0.39, 0.29) is 16.2 Å². The molecule has 1 amide bonds. The molecule has 1 heterocycles. The fraction of sp³-hybridized carbons (Fsp3) is 0.533. The molecule has 1 aromatic carbocycles. The minimum absolute atomic E-state index is 0.0765. The Morgan fingerprint density at radius 3 is 2.77 bits per heavy atom. The molecule has 2 rings (SSSR count). The largest absolute Gasteiger partial charge is 0.496 e. The number of rotatable bonds is 5. The smallest absolute Gasteiger partial charge is 0.252 e. The molecule has 0 saturated carbocycles. The van der Waals surface area contributed by atoms with Gasteiger partial charge in [-0.15, -0.1) is 0 Å². The van der Waals surface area contributed by atoms with Crippen molar-refractivity contribution < 1.29 is 17.9 Å². The number of hydrogen-bond donors (Lipinski definition) is 1. The maximum atomic E-state index is 12.8. The standard InChI is InChI=1S/C15H22N2O4S/c1-3-11-5-4-8-17(10-11)22(19,20)12-6-7-14(21-2)13(9-12)15(16)18/h6-7,9,11H,3-5,8,10H2,1-2H3,(H2,16,18)/t11-/m1/s1. The monoisotopic (exact) mass is 326 g/mol. The van der Waals surface area contributed by atoms with Crippen molar-refractivity contribution >= 4 is 15.9 Å². The van der Waals surface area contributed by atoms with Crippen molar-refractivity contribution in [2.24, 2.45) is 11.7 Å². The van der Waals surface area contributed by atoms with Crippen LogP contribution in [0.1, 0.15) is 36.5 Å². The number of nitrogens with two attached hydrogens (primary N) is 1. The van der Waals surface area contributed by atoms with E-state index < -0.39 is 15.9 Å². The summed E-state index contributed by atoms with van der Waals surface area (Å²) in [6.07, 6.45) is 2.87. The van der Waals surface area contributed by atoms with Gasteiger partial charge in [0.15, 0.2) is 0 Å². The molecule has 1 fully saturated rings. The molecule has 1 aromatic rings. The molecular formula is C15H22N2O4S. The second-order valence-corrected chi connectivity index (χ2v) is 7.44. The Balaban J connectivity index is 2.37. The molecule has 6 nitrogen and oxygen atoms in total. The van der Waals surface area contributed by atoms with Crippen molar-refractivity contribution in [1.82, 2.24) is 4.31 Å². The van der Waals surface area contributed by atoms with E-state index >= 15 is 0 Å². The Hall–Kier alpha value is -1.60. The SMILES string of the molecule is CC[C@@H]1CCCN(S(=O)(=O)c2ccc(OC)c(C(N)=O)c2)C1. The summed E-state index contributed by atoms with van der Waals surface area (Å²) >= 11 is 0. The lowest BCUT2D eigenvalue weighted by molar-refractivity contribution is 0.0997. The van der Waals surface area contributed by atoms with Crippen LogP contribution in [-0.4, -0.2) is 38.8 Å². The number of carbonyl (C=O) groups excluding carboxylic acids is 1. The maximum Gasteiger partial charge on any atom is 0.252 e. The fourth-order valence-corrected chi connectivity index (χ4v) is 4.35. The van der Waals surface area contributed by atoms with Gasteiger partial charge in [0.2, 0.25) is 10.0 Å². The number of methoxy groups -OCH3 is 1. The zero-order valence-corrected chi connectivity index (χ0v) is 13.7. The van der Waals surface area contributed by atoms with Gasteiger partial charge >= 0.3 is 0 Å². The van der Waals surface area contributed by atoms with E-state index in [0.29, 0.717) is 19.0 Å². The summed E-state index contributed by atoms with van der Waals surface area (Å²) in [5.74, 6) is -0.0482. The molecule has 7 heteroatoms. The van der Waals surface area contributed by atoms with Gasteiger partial charge in [-0.3, -0.25) is 4.79 Å². The predicted octanol–water partition coefficient (Wildman–Crippen LogP) is 1.60. The average Bonchev–Trinajstić information content (AvgIpc) is 2.54. The van der Waals surface area contributed by atoms with Gasteiger partial charge in [0.25, 0.3) is 5.91 Å². The maximum absolute atomic E-state index is 12.8. The second kappa shape index (κ2) is 6.66. The van der Waals surface area contributed by atoms with Gasteiger partial charge in [-0.05, 0) is 37.0 Å². The van der Waals surface area contributed by atoms with Crippen molar-refractivity contribution in [1.29, 1.82) is 0 Å². The first kappa shape index (κ1) is 16.8. The highest BCUT2D eigenvalue weighted by Gasteiger charge is 2.30. The first-order chi connectivity index (χ1) is 10.4. The third-order valence-corrected chi connectivity index (χ3v) is 5.99. The van der Waals surface area contributed by atoms with Gasteiger partial charge in [0.1, 0.15) is 5.75 Å². The number of amides is 1. The van der Waals surface area contributed by atoms with Crippen molar-refractivity contribution in [3.05, 3.63) is 23.8 Å². The van der Waals surface area contributed by atoms with E-state index in [2.05, 4.69) is 6.92 Å². The van der Waals surface area contributed by atoms with Crippen LogP contribution in [0.25, 0.3) is 0 Å². The number of nitrogens with zero attached hydrogens (tertiary/aromatic N) is 1. The summed E-state index contributed by atoms with van der Waals surface area (Å²) in [4.78, 5) is 11.6. The average molecular weight is 326 g/mol. The number of sulfonamides is 1. The van der Waals surface area contributed by atoms with Crippen LogP contribution in [0.5, 0.6) is 5.75 Å². The molecule has 0 aromatic heterocycles. The van der Waals surface area contributed by atoms with Crippen LogP contribution in [0.3, 0.4) is 0 Å². The number of carbonyl (C=O) groups is 1. The van der Waals surface area contributed by atoms with E-state index in [4.69, 9.17) is 10.5 Å². The third-order valence-electron chi connectivity index (χ3n) is 4.13. The van der Waals surface area contributed by atoms with Crippen LogP contribution in [-0.2, 0) is 10.0 Å². The molecule has 2 N–H and O–H groups in total. The quantitative estimate of drug-likeness (QED) is 0.890. The Morgan fingerprint density at radius 2 is 2.18 bits per heavy atom. The summed E-state index contributed by atoms with van der Waals surface area (Å²) < 4.78 is 32.1. The molecule has 0 bridgehead atoms. The van der Waals surface area contributed by atoms with Gasteiger partial charge in [0.05, 0.1) is 17.6 Å². The van der Waals surface area contributed by atoms with Crippen LogP contribution >= 0.6 is 0 Å². The number of hydrogen-bond acceptors (Lipinski definition) is 4. The highest BCUT2D eigenvalue weighted by Crippen LogP contribution is 2.28. The molecule has 0 unspecified atom stereocenters. The van der Waals surface area contributed by atoms with Gasteiger partial charge < -0.3 is 10.5 Å². The number of primary amides is 1. The zero-order valence-electron chi connectivity index (χ0n) is 12.9. The summed E-state index contributed by atoms with van der Waals surface area (Å²) in [7, 11) is -2.21. The first-order valence-corrected chi connectivity index (χ1v) is 8.82. The molecule has 22 heavy (non-hydrogen) atoms. The molecule has 1 aliphatic heterocycles. The van der Waals surface area contributed by atoms with Gasteiger partial charge in [-0.25, -0.2) is 8.42 Å². The van der Waals surface area contributed by atoms with Gasteiger partial charge in [-0.1, -0.05) is 13.3 Å². The lowest BCUT2D eigenvalue weighted by atomic mass is 9.97. The molecule has 0 spiro atoms. The number of benzene rings is 1. The molecule has 0 aliphatic carbocycles. The molecular weight excluding hydrogens is 304 g/mol. The van der Waals surface area contributed by atoms with Crippen molar-refractivity contribution in [3.63, 3.8) is 0 Å². The van der Waals surface area contributed by atoms with Gasteiger partial charge in [-0.2, -0.15) is 4.31 Å². The van der Waals surface area contributed by atoms with Gasteiger partial charge in [0, 0.05) is 13.1 Å². The summed E-state index contributed by atoms with van der Waals surface area (Å²) in [6.45, 7) is 3.10. The Kier molecular flexibility index (Phi) is 5.08. The second-order valence-electron chi connectivity index (χ2n) is 5.51. The van der Waals surface area contributed by atoms with Crippen molar-refractivity contribution in [2.75, 3.05) is 20.2 Å². The van der Waals surface area contributed by atoms with E-state index in [9.17, 15) is 13.2 Å². The van der Waals surface area contributed by atoms with Crippen LogP contribution < -0.4 is 10.5 Å². The molecule has 1 saturated heterocycles. The van der Waals surface area contributed by atoms with Crippen LogP contribution in [0.2, 0.25) is 0 Å².